The summed E-state index contributed by atoms with van der Waals surface area (Å²) in [7, 11) is 1.64. The highest BCUT2D eigenvalue weighted by atomic mass is 16.5. The molecule has 0 radical (unpaired) electrons. The lowest BCUT2D eigenvalue weighted by Crippen LogP contribution is -2.28. The first kappa shape index (κ1) is 19.9. The number of ether oxygens (including phenoxy) is 1. The zero-order valence-electron chi connectivity index (χ0n) is 16.8. The van der Waals surface area contributed by atoms with Gasteiger partial charge >= 0.3 is 0 Å². The van der Waals surface area contributed by atoms with Crippen molar-refractivity contribution in [3.8, 4) is 5.75 Å². The third-order valence-corrected chi connectivity index (χ3v) is 5.29. The summed E-state index contributed by atoms with van der Waals surface area (Å²) >= 11 is 0. The third kappa shape index (κ3) is 4.53. The second kappa shape index (κ2) is 8.91. The molecule has 0 aliphatic carbocycles. The van der Waals surface area contributed by atoms with Crippen molar-refractivity contribution >= 4 is 17.5 Å². The SMILES string of the molecule is COc1ccccc1C(C)CC(=O)NC(C)c1cccc(N2CCCC2=O)c1. The number of nitrogens with one attached hydrogen (secondary N) is 1. The molecular formula is C23H28N2O3. The van der Waals surface area contributed by atoms with Crippen molar-refractivity contribution in [3.63, 3.8) is 0 Å². The molecule has 28 heavy (non-hydrogen) atoms. The summed E-state index contributed by atoms with van der Waals surface area (Å²) < 4.78 is 5.41. The van der Waals surface area contributed by atoms with E-state index in [4.69, 9.17) is 4.74 Å². The molecule has 1 aliphatic heterocycles. The highest BCUT2D eigenvalue weighted by molar-refractivity contribution is 5.95. The fourth-order valence-electron chi connectivity index (χ4n) is 3.73. The Balaban J connectivity index is 1.63. The van der Waals surface area contributed by atoms with Crippen molar-refractivity contribution < 1.29 is 14.3 Å². The molecule has 1 fully saturated rings. The average Bonchev–Trinajstić information content (AvgIpc) is 3.13. The lowest BCUT2D eigenvalue weighted by Gasteiger charge is -2.21. The van der Waals surface area contributed by atoms with Crippen molar-refractivity contribution in [1.29, 1.82) is 0 Å². The highest BCUT2D eigenvalue weighted by Crippen LogP contribution is 2.29. The summed E-state index contributed by atoms with van der Waals surface area (Å²) in [6.07, 6.45) is 1.89. The Hall–Kier alpha value is -2.82. The lowest BCUT2D eigenvalue weighted by molar-refractivity contribution is -0.122. The number of carbonyl (C=O) groups is 2. The van der Waals surface area contributed by atoms with Crippen molar-refractivity contribution in [2.24, 2.45) is 0 Å². The molecule has 3 rings (SSSR count). The smallest absolute Gasteiger partial charge is 0.227 e. The van der Waals surface area contributed by atoms with Gasteiger partial charge < -0.3 is 15.0 Å². The van der Waals surface area contributed by atoms with Crippen molar-refractivity contribution in [3.05, 3.63) is 59.7 Å². The van der Waals surface area contributed by atoms with Crippen LogP contribution in [-0.2, 0) is 9.59 Å². The number of anilines is 1. The Labute approximate surface area is 166 Å². The minimum Gasteiger partial charge on any atom is -0.496 e. The van der Waals surface area contributed by atoms with Gasteiger partial charge in [-0.1, -0.05) is 37.3 Å². The Morgan fingerprint density at radius 2 is 1.96 bits per heavy atom. The second-order valence-electron chi connectivity index (χ2n) is 7.38. The van der Waals surface area contributed by atoms with E-state index >= 15 is 0 Å². The summed E-state index contributed by atoms with van der Waals surface area (Å²) in [6.45, 7) is 4.76. The van der Waals surface area contributed by atoms with Gasteiger partial charge in [-0.05, 0) is 48.6 Å². The molecule has 0 bridgehead atoms. The lowest BCUT2D eigenvalue weighted by atomic mass is 9.96. The Bertz CT molecular complexity index is 849. The second-order valence-corrected chi connectivity index (χ2v) is 7.38. The maximum absolute atomic E-state index is 12.6. The van der Waals surface area contributed by atoms with Gasteiger partial charge in [0.25, 0.3) is 0 Å². The van der Waals surface area contributed by atoms with E-state index in [1.807, 2.05) is 67.3 Å². The molecule has 2 atom stereocenters. The number of benzene rings is 2. The molecule has 148 valence electrons. The van der Waals surface area contributed by atoms with Crippen molar-refractivity contribution in [2.45, 2.75) is 45.1 Å². The average molecular weight is 380 g/mol. The molecule has 0 spiro atoms. The van der Waals surface area contributed by atoms with E-state index in [1.165, 1.54) is 0 Å². The zero-order valence-corrected chi connectivity index (χ0v) is 16.8. The molecule has 5 heteroatoms. The van der Waals surface area contributed by atoms with Gasteiger partial charge in [-0.2, -0.15) is 0 Å². The normalized spacial score (nSPS) is 16.0. The van der Waals surface area contributed by atoms with Crippen LogP contribution in [0.2, 0.25) is 0 Å². The number of hydrogen-bond donors (Lipinski definition) is 1. The van der Waals surface area contributed by atoms with Gasteiger partial charge in [0.1, 0.15) is 5.75 Å². The molecule has 2 unspecified atom stereocenters. The number of rotatable bonds is 7. The summed E-state index contributed by atoms with van der Waals surface area (Å²) in [4.78, 5) is 26.4. The number of para-hydroxylation sites is 1. The van der Waals surface area contributed by atoms with Crippen LogP contribution in [0.4, 0.5) is 5.69 Å². The van der Waals surface area contributed by atoms with E-state index in [2.05, 4.69) is 5.32 Å². The van der Waals surface area contributed by atoms with Gasteiger partial charge in [0.05, 0.1) is 13.2 Å². The number of amides is 2. The van der Waals surface area contributed by atoms with Gasteiger partial charge in [-0.25, -0.2) is 0 Å². The van der Waals surface area contributed by atoms with E-state index in [0.717, 1.165) is 35.5 Å². The van der Waals surface area contributed by atoms with Gasteiger partial charge in [0, 0.05) is 25.1 Å². The molecule has 1 saturated heterocycles. The zero-order chi connectivity index (χ0) is 20.1. The summed E-state index contributed by atoms with van der Waals surface area (Å²) in [5.74, 6) is 1.02. The standard InChI is InChI=1S/C23H28N2O3/c1-16(20-10-4-5-11-21(20)28-3)14-22(26)24-17(2)18-8-6-9-19(15-18)25-13-7-12-23(25)27/h4-6,8-11,15-17H,7,12-14H2,1-3H3,(H,24,26). The maximum atomic E-state index is 12.6. The fraction of sp³-hybridized carbons (Fsp3) is 0.391. The fourth-order valence-corrected chi connectivity index (χ4v) is 3.73. The third-order valence-electron chi connectivity index (χ3n) is 5.29. The van der Waals surface area contributed by atoms with E-state index < -0.39 is 0 Å². The molecule has 5 nitrogen and oxygen atoms in total. The topological polar surface area (TPSA) is 58.6 Å². The molecule has 2 aromatic rings. The van der Waals surface area contributed by atoms with E-state index in [-0.39, 0.29) is 23.8 Å². The largest absolute Gasteiger partial charge is 0.496 e. The van der Waals surface area contributed by atoms with Crippen LogP contribution in [-0.4, -0.2) is 25.5 Å². The molecule has 2 amide bonds. The summed E-state index contributed by atoms with van der Waals surface area (Å²) in [6, 6.07) is 15.5. The van der Waals surface area contributed by atoms with Crippen LogP contribution in [0, 0.1) is 0 Å². The molecule has 1 N–H and O–H groups in total. The maximum Gasteiger partial charge on any atom is 0.227 e. The first-order valence-corrected chi connectivity index (χ1v) is 9.82. The minimum absolute atomic E-state index is 0.00596. The number of hydrogen-bond acceptors (Lipinski definition) is 3. The number of nitrogens with zero attached hydrogens (tertiary/aromatic N) is 1. The van der Waals surface area contributed by atoms with E-state index in [0.29, 0.717) is 12.8 Å². The van der Waals surface area contributed by atoms with Crippen LogP contribution in [0.1, 0.15) is 56.2 Å². The van der Waals surface area contributed by atoms with Gasteiger partial charge in [0.15, 0.2) is 0 Å². The molecule has 1 aliphatic rings. The predicted molar refractivity (Wildman–Crippen MR) is 111 cm³/mol. The molecule has 0 saturated carbocycles. The van der Waals surface area contributed by atoms with Crippen molar-refractivity contribution in [2.75, 3.05) is 18.6 Å². The Morgan fingerprint density at radius 3 is 2.68 bits per heavy atom. The Morgan fingerprint density at radius 1 is 1.18 bits per heavy atom. The highest BCUT2D eigenvalue weighted by Gasteiger charge is 2.22. The van der Waals surface area contributed by atoms with Crippen molar-refractivity contribution in [1.82, 2.24) is 5.32 Å². The predicted octanol–water partition coefficient (Wildman–Crippen LogP) is 4.19. The van der Waals surface area contributed by atoms with Crippen LogP contribution in [0.5, 0.6) is 5.75 Å². The molecule has 0 aromatic heterocycles. The first-order chi connectivity index (χ1) is 13.5. The first-order valence-electron chi connectivity index (χ1n) is 9.82. The van der Waals surface area contributed by atoms with Gasteiger partial charge in [-0.15, -0.1) is 0 Å². The monoisotopic (exact) mass is 380 g/mol. The molecule has 2 aromatic carbocycles. The quantitative estimate of drug-likeness (QED) is 0.783. The number of carbonyl (C=O) groups excluding carboxylic acids is 2. The van der Waals surface area contributed by atoms with Gasteiger partial charge in [-0.3, -0.25) is 9.59 Å². The Kier molecular flexibility index (Phi) is 6.34. The molecule has 1 heterocycles. The van der Waals surface area contributed by atoms with Crippen LogP contribution in [0.15, 0.2) is 48.5 Å². The van der Waals surface area contributed by atoms with Crippen LogP contribution < -0.4 is 15.0 Å². The van der Waals surface area contributed by atoms with E-state index in [9.17, 15) is 9.59 Å². The van der Waals surface area contributed by atoms with Crippen LogP contribution in [0.3, 0.4) is 0 Å². The van der Waals surface area contributed by atoms with Crippen LogP contribution in [0.25, 0.3) is 0 Å². The summed E-state index contributed by atoms with van der Waals surface area (Å²) in [5, 5.41) is 3.08. The summed E-state index contributed by atoms with van der Waals surface area (Å²) in [5.41, 5.74) is 2.93. The molecular weight excluding hydrogens is 352 g/mol. The van der Waals surface area contributed by atoms with Crippen LogP contribution >= 0.6 is 0 Å². The van der Waals surface area contributed by atoms with Gasteiger partial charge in [0.2, 0.25) is 11.8 Å². The minimum atomic E-state index is -0.130. The van der Waals surface area contributed by atoms with E-state index in [1.54, 1.807) is 7.11 Å². The number of methoxy groups -OCH3 is 1.